The molecule has 1 fully saturated rings. The molecular weight excluding hydrogens is 274 g/mol. The Morgan fingerprint density at radius 1 is 1.38 bits per heavy atom. The van der Waals surface area contributed by atoms with Crippen LogP contribution in [-0.4, -0.2) is 21.8 Å². The number of aromatic nitrogens is 2. The van der Waals surface area contributed by atoms with Crippen molar-refractivity contribution < 1.29 is 9.59 Å². The van der Waals surface area contributed by atoms with E-state index in [1.165, 1.54) is 0 Å². The fourth-order valence-corrected chi connectivity index (χ4v) is 1.88. The van der Waals surface area contributed by atoms with Gasteiger partial charge in [-0.3, -0.25) is 24.9 Å². The van der Waals surface area contributed by atoms with Gasteiger partial charge in [-0.2, -0.15) is 0 Å². The lowest BCUT2D eigenvalue weighted by atomic mass is 9.95. The van der Waals surface area contributed by atoms with E-state index in [0.29, 0.717) is 23.9 Å². The fraction of sp³-hybridized carbons (Fsp3) is 0.400. The summed E-state index contributed by atoms with van der Waals surface area (Å²) in [6, 6.07) is 0. The third-order valence-electron chi connectivity index (χ3n) is 2.46. The molecule has 0 aliphatic carbocycles. The molecule has 0 saturated carbocycles. The van der Waals surface area contributed by atoms with Crippen molar-refractivity contribution in [2.24, 2.45) is 0 Å². The lowest BCUT2D eigenvalue weighted by Gasteiger charge is -2.19. The van der Waals surface area contributed by atoms with Gasteiger partial charge in [0.15, 0.2) is 0 Å². The molecule has 6 heteroatoms. The number of carbonyl (C=O) groups is 2. The van der Waals surface area contributed by atoms with E-state index in [0.717, 1.165) is 5.69 Å². The third-order valence-corrected chi connectivity index (χ3v) is 3.03. The Bertz CT molecular complexity index is 419. The number of piperidine rings is 1. The standard InChI is InChI=1S/C10H10BrN3O2/c11-3-6-4-13-8(5-12-6)7-1-2-9(15)14-10(7)16/h4-5,7H,1-3H2,(H,14,15,16). The van der Waals surface area contributed by atoms with Crippen molar-refractivity contribution in [3.8, 4) is 0 Å². The molecule has 1 atom stereocenters. The van der Waals surface area contributed by atoms with Crippen molar-refractivity contribution in [3.63, 3.8) is 0 Å². The lowest BCUT2D eigenvalue weighted by Crippen LogP contribution is -2.39. The zero-order valence-corrected chi connectivity index (χ0v) is 10.0. The van der Waals surface area contributed by atoms with Crippen molar-refractivity contribution in [2.45, 2.75) is 24.1 Å². The second-order valence-corrected chi connectivity index (χ2v) is 4.13. The van der Waals surface area contributed by atoms with Crippen LogP contribution < -0.4 is 5.32 Å². The number of alkyl halides is 1. The van der Waals surface area contributed by atoms with Gasteiger partial charge in [-0.15, -0.1) is 0 Å². The minimum absolute atomic E-state index is 0.216. The van der Waals surface area contributed by atoms with Crippen molar-refractivity contribution in [2.75, 3.05) is 0 Å². The van der Waals surface area contributed by atoms with E-state index in [1.54, 1.807) is 12.4 Å². The molecule has 2 amide bonds. The molecule has 0 bridgehead atoms. The first kappa shape index (κ1) is 11.2. The van der Waals surface area contributed by atoms with Crippen LogP contribution in [0.1, 0.15) is 30.1 Å². The number of carbonyl (C=O) groups excluding carboxylic acids is 2. The Hall–Kier alpha value is -1.30. The first-order chi connectivity index (χ1) is 7.70. The molecule has 0 radical (unpaired) electrons. The molecule has 1 aliphatic rings. The number of hydrogen-bond acceptors (Lipinski definition) is 4. The van der Waals surface area contributed by atoms with E-state index in [-0.39, 0.29) is 17.7 Å². The topological polar surface area (TPSA) is 72.0 Å². The Morgan fingerprint density at radius 3 is 2.75 bits per heavy atom. The van der Waals surface area contributed by atoms with E-state index >= 15 is 0 Å². The van der Waals surface area contributed by atoms with Gasteiger partial charge in [-0.1, -0.05) is 15.9 Å². The summed E-state index contributed by atoms with van der Waals surface area (Å²) in [6.45, 7) is 0. The van der Waals surface area contributed by atoms with E-state index in [9.17, 15) is 9.59 Å². The van der Waals surface area contributed by atoms with Gasteiger partial charge in [0, 0.05) is 24.1 Å². The van der Waals surface area contributed by atoms with Crippen LogP contribution in [0, 0.1) is 0 Å². The monoisotopic (exact) mass is 283 g/mol. The second-order valence-electron chi connectivity index (χ2n) is 3.57. The number of halogens is 1. The molecule has 16 heavy (non-hydrogen) atoms. The summed E-state index contributed by atoms with van der Waals surface area (Å²) in [5, 5.41) is 2.94. The van der Waals surface area contributed by atoms with Crippen LogP contribution in [0.25, 0.3) is 0 Å². The van der Waals surface area contributed by atoms with E-state index in [2.05, 4.69) is 31.2 Å². The van der Waals surface area contributed by atoms with Crippen molar-refractivity contribution in [3.05, 3.63) is 23.8 Å². The number of imide groups is 1. The normalized spacial score (nSPS) is 20.7. The molecule has 5 nitrogen and oxygen atoms in total. The van der Waals surface area contributed by atoms with E-state index in [4.69, 9.17) is 0 Å². The maximum atomic E-state index is 11.6. The van der Waals surface area contributed by atoms with Gasteiger partial charge < -0.3 is 0 Å². The molecule has 0 spiro atoms. The van der Waals surface area contributed by atoms with Crippen LogP contribution in [0.2, 0.25) is 0 Å². The summed E-state index contributed by atoms with van der Waals surface area (Å²) < 4.78 is 0. The summed E-state index contributed by atoms with van der Waals surface area (Å²) in [5.74, 6) is -0.849. The molecule has 1 unspecified atom stereocenters. The van der Waals surface area contributed by atoms with E-state index in [1.807, 2.05) is 0 Å². The van der Waals surface area contributed by atoms with Crippen LogP contribution in [0.3, 0.4) is 0 Å². The second kappa shape index (κ2) is 4.69. The summed E-state index contributed by atoms with van der Waals surface area (Å²) in [5.41, 5.74) is 1.44. The van der Waals surface area contributed by atoms with Gasteiger partial charge in [0.1, 0.15) is 0 Å². The summed E-state index contributed by atoms with van der Waals surface area (Å²) in [6.07, 6.45) is 4.09. The number of nitrogens with one attached hydrogen (secondary N) is 1. The summed E-state index contributed by atoms with van der Waals surface area (Å²) in [4.78, 5) is 30.9. The Morgan fingerprint density at radius 2 is 2.19 bits per heavy atom. The predicted octanol–water partition coefficient (Wildman–Crippen LogP) is 0.892. The van der Waals surface area contributed by atoms with Crippen molar-refractivity contribution >= 4 is 27.7 Å². The largest absolute Gasteiger partial charge is 0.296 e. The van der Waals surface area contributed by atoms with Crippen LogP contribution in [-0.2, 0) is 14.9 Å². The zero-order valence-electron chi connectivity index (χ0n) is 8.44. The van der Waals surface area contributed by atoms with Crippen LogP contribution in [0.5, 0.6) is 0 Å². The molecule has 1 aromatic heterocycles. The zero-order chi connectivity index (χ0) is 11.5. The minimum atomic E-state index is -0.352. The molecule has 1 saturated heterocycles. The summed E-state index contributed by atoms with van der Waals surface area (Å²) in [7, 11) is 0. The predicted molar refractivity (Wildman–Crippen MR) is 59.8 cm³/mol. The lowest BCUT2D eigenvalue weighted by molar-refractivity contribution is -0.134. The number of hydrogen-bond donors (Lipinski definition) is 1. The number of rotatable bonds is 2. The van der Waals surface area contributed by atoms with Gasteiger partial charge in [-0.25, -0.2) is 0 Å². The SMILES string of the molecule is O=C1CCC(c2cnc(CBr)cn2)C(=O)N1. The quantitative estimate of drug-likeness (QED) is 0.646. The molecule has 1 aromatic rings. The highest BCUT2D eigenvalue weighted by atomic mass is 79.9. The van der Waals surface area contributed by atoms with Gasteiger partial charge in [0.05, 0.1) is 17.3 Å². The molecular formula is C10H10BrN3O2. The highest BCUT2D eigenvalue weighted by Gasteiger charge is 2.28. The molecule has 1 N–H and O–H groups in total. The van der Waals surface area contributed by atoms with Crippen molar-refractivity contribution in [1.82, 2.24) is 15.3 Å². The molecule has 1 aliphatic heterocycles. The van der Waals surface area contributed by atoms with Gasteiger partial charge in [0.2, 0.25) is 11.8 Å². The first-order valence-corrected chi connectivity index (χ1v) is 6.03. The molecule has 0 aromatic carbocycles. The highest BCUT2D eigenvalue weighted by molar-refractivity contribution is 9.08. The maximum absolute atomic E-state index is 11.6. The van der Waals surface area contributed by atoms with Crippen LogP contribution in [0.4, 0.5) is 0 Å². The van der Waals surface area contributed by atoms with E-state index < -0.39 is 0 Å². The Balaban J connectivity index is 2.17. The average Bonchev–Trinajstić information content (AvgIpc) is 2.29. The van der Waals surface area contributed by atoms with Crippen molar-refractivity contribution in [1.29, 1.82) is 0 Å². The van der Waals surface area contributed by atoms with Gasteiger partial charge in [0.25, 0.3) is 0 Å². The molecule has 2 heterocycles. The third kappa shape index (κ3) is 2.27. The maximum Gasteiger partial charge on any atom is 0.235 e. The fourth-order valence-electron chi connectivity index (χ4n) is 1.59. The smallest absolute Gasteiger partial charge is 0.235 e. The van der Waals surface area contributed by atoms with Crippen LogP contribution in [0.15, 0.2) is 12.4 Å². The molecule has 84 valence electrons. The first-order valence-electron chi connectivity index (χ1n) is 4.91. The number of amides is 2. The minimum Gasteiger partial charge on any atom is -0.296 e. The van der Waals surface area contributed by atoms with Crippen LogP contribution >= 0.6 is 15.9 Å². The van der Waals surface area contributed by atoms with Gasteiger partial charge in [-0.05, 0) is 6.42 Å². The average molecular weight is 284 g/mol. The Kier molecular flexibility index (Phi) is 3.28. The number of nitrogens with zero attached hydrogens (tertiary/aromatic N) is 2. The Labute approximate surface area is 101 Å². The highest BCUT2D eigenvalue weighted by Crippen LogP contribution is 2.22. The molecule has 2 rings (SSSR count). The summed E-state index contributed by atoms with van der Waals surface area (Å²) >= 11 is 3.27. The van der Waals surface area contributed by atoms with Gasteiger partial charge >= 0.3 is 0 Å².